The van der Waals surface area contributed by atoms with Crippen LogP contribution in [0.5, 0.6) is 0 Å². The van der Waals surface area contributed by atoms with Gasteiger partial charge in [-0.05, 0) is 19.1 Å². The third-order valence-electron chi connectivity index (χ3n) is 2.83. The van der Waals surface area contributed by atoms with Gasteiger partial charge in [-0.15, -0.1) is 0 Å². The minimum absolute atomic E-state index is 0.0107. The van der Waals surface area contributed by atoms with Gasteiger partial charge in [0.15, 0.2) is 6.29 Å². The summed E-state index contributed by atoms with van der Waals surface area (Å²) in [5, 5.41) is 2.27. The Morgan fingerprint density at radius 1 is 1.53 bits per heavy atom. The standard InChI is InChI=1S/C11H14F3N3O2/c1-10(6-11(12,13)14)16-9(19)8(17(10)2)4-3-7(15)5-18/h3-5H,6,15H2,1-2H3,(H,16,19)/b7-3+,8-4-. The van der Waals surface area contributed by atoms with Crippen LogP contribution in [0.2, 0.25) is 0 Å². The number of nitrogens with one attached hydrogen (secondary N) is 1. The minimum atomic E-state index is -4.41. The van der Waals surface area contributed by atoms with Crippen LogP contribution in [0.15, 0.2) is 23.5 Å². The van der Waals surface area contributed by atoms with Gasteiger partial charge in [-0.3, -0.25) is 9.59 Å². The van der Waals surface area contributed by atoms with Crippen molar-refractivity contribution in [1.82, 2.24) is 10.2 Å². The smallest absolute Gasteiger partial charge is 0.393 e. The first-order valence-corrected chi connectivity index (χ1v) is 5.35. The Kier molecular flexibility index (Phi) is 3.92. The second-order valence-electron chi connectivity index (χ2n) is 4.42. The van der Waals surface area contributed by atoms with Gasteiger partial charge >= 0.3 is 6.18 Å². The Labute approximate surface area is 107 Å². The number of hydrogen-bond acceptors (Lipinski definition) is 4. The maximum absolute atomic E-state index is 12.5. The van der Waals surface area contributed by atoms with Gasteiger partial charge in [0.05, 0.1) is 12.1 Å². The molecule has 0 spiro atoms. The van der Waals surface area contributed by atoms with Crippen molar-refractivity contribution in [2.24, 2.45) is 5.73 Å². The van der Waals surface area contributed by atoms with Crippen molar-refractivity contribution >= 4 is 12.2 Å². The zero-order valence-electron chi connectivity index (χ0n) is 10.4. The number of likely N-dealkylation sites (N-methyl/N-ethyl adjacent to an activating group) is 1. The van der Waals surface area contributed by atoms with Crippen LogP contribution >= 0.6 is 0 Å². The summed E-state index contributed by atoms with van der Waals surface area (Å²) in [6.07, 6.45) is -2.85. The summed E-state index contributed by atoms with van der Waals surface area (Å²) in [6, 6.07) is 0. The minimum Gasteiger partial charge on any atom is -0.396 e. The molecule has 1 aliphatic heterocycles. The summed E-state index contributed by atoms with van der Waals surface area (Å²) in [7, 11) is 1.36. The van der Waals surface area contributed by atoms with Crippen LogP contribution in [0, 0.1) is 0 Å². The molecule has 0 bridgehead atoms. The molecule has 19 heavy (non-hydrogen) atoms. The third-order valence-corrected chi connectivity index (χ3v) is 2.83. The summed E-state index contributed by atoms with van der Waals surface area (Å²) in [5.74, 6) is -0.649. The number of allylic oxidation sites excluding steroid dienone is 3. The number of hydrogen-bond donors (Lipinski definition) is 2. The number of alkyl halides is 3. The van der Waals surface area contributed by atoms with Gasteiger partial charge in [-0.25, -0.2) is 0 Å². The van der Waals surface area contributed by atoms with E-state index in [1.54, 1.807) is 0 Å². The van der Waals surface area contributed by atoms with Gasteiger partial charge in [-0.2, -0.15) is 13.2 Å². The molecule has 1 rings (SSSR count). The molecule has 8 heteroatoms. The maximum Gasteiger partial charge on any atom is 0.393 e. The lowest BCUT2D eigenvalue weighted by Crippen LogP contribution is -2.50. The highest BCUT2D eigenvalue weighted by Crippen LogP contribution is 2.34. The first-order chi connectivity index (χ1) is 8.59. The zero-order valence-corrected chi connectivity index (χ0v) is 10.4. The molecule has 1 unspecified atom stereocenters. The molecule has 0 radical (unpaired) electrons. The Morgan fingerprint density at radius 3 is 2.58 bits per heavy atom. The fraction of sp³-hybridized carbons (Fsp3) is 0.455. The molecule has 0 aromatic rings. The first kappa shape index (κ1) is 15.1. The van der Waals surface area contributed by atoms with Crippen LogP contribution in [-0.2, 0) is 9.59 Å². The number of nitrogens with two attached hydrogens (primary N) is 1. The van der Waals surface area contributed by atoms with E-state index in [1.165, 1.54) is 24.9 Å². The van der Waals surface area contributed by atoms with Crippen molar-refractivity contribution in [3.8, 4) is 0 Å². The molecule has 1 heterocycles. The summed E-state index contributed by atoms with van der Waals surface area (Å²) in [5.41, 5.74) is 3.56. The summed E-state index contributed by atoms with van der Waals surface area (Å²) >= 11 is 0. The molecule has 1 aliphatic rings. The Bertz CT molecular complexity index is 457. The third kappa shape index (κ3) is 3.49. The van der Waals surface area contributed by atoms with Gasteiger partial charge in [0.1, 0.15) is 11.4 Å². The van der Waals surface area contributed by atoms with Crippen molar-refractivity contribution in [2.75, 3.05) is 7.05 Å². The average molecular weight is 277 g/mol. The number of carbonyl (C=O) groups excluding carboxylic acids is 2. The van der Waals surface area contributed by atoms with Crippen molar-refractivity contribution < 1.29 is 22.8 Å². The Balaban J connectivity index is 3.02. The van der Waals surface area contributed by atoms with E-state index in [0.29, 0.717) is 6.29 Å². The molecular formula is C11H14F3N3O2. The molecule has 5 nitrogen and oxygen atoms in total. The van der Waals surface area contributed by atoms with Crippen LogP contribution in [0.25, 0.3) is 0 Å². The van der Waals surface area contributed by atoms with Crippen molar-refractivity contribution in [3.05, 3.63) is 23.5 Å². The normalized spacial score (nSPS) is 26.8. The van der Waals surface area contributed by atoms with E-state index in [4.69, 9.17) is 5.73 Å². The van der Waals surface area contributed by atoms with Gasteiger partial charge in [0.2, 0.25) is 0 Å². The van der Waals surface area contributed by atoms with Gasteiger partial charge < -0.3 is 16.0 Å². The van der Waals surface area contributed by atoms with Crippen LogP contribution in [-0.4, -0.2) is 36.0 Å². The summed E-state index contributed by atoms with van der Waals surface area (Å²) in [6.45, 7) is 1.27. The van der Waals surface area contributed by atoms with E-state index < -0.39 is 24.2 Å². The van der Waals surface area contributed by atoms with E-state index in [9.17, 15) is 22.8 Å². The summed E-state index contributed by atoms with van der Waals surface area (Å²) < 4.78 is 37.4. The SMILES string of the molecule is CN1/C(=C\C=C(\N)C=O)C(=O)NC1(C)CC(F)(F)F. The Morgan fingerprint density at radius 2 is 2.11 bits per heavy atom. The van der Waals surface area contributed by atoms with Crippen molar-refractivity contribution in [3.63, 3.8) is 0 Å². The quantitative estimate of drug-likeness (QED) is 0.586. The van der Waals surface area contributed by atoms with E-state index in [1.807, 2.05) is 0 Å². The second kappa shape index (κ2) is 4.94. The van der Waals surface area contributed by atoms with Gasteiger partial charge in [0.25, 0.3) is 5.91 Å². The monoisotopic (exact) mass is 277 g/mol. The largest absolute Gasteiger partial charge is 0.396 e. The topological polar surface area (TPSA) is 75.4 Å². The molecule has 0 aromatic heterocycles. The van der Waals surface area contributed by atoms with Crippen molar-refractivity contribution in [2.45, 2.75) is 25.2 Å². The molecule has 0 saturated carbocycles. The highest BCUT2D eigenvalue weighted by atomic mass is 19.4. The van der Waals surface area contributed by atoms with E-state index >= 15 is 0 Å². The van der Waals surface area contributed by atoms with E-state index in [2.05, 4.69) is 5.32 Å². The van der Waals surface area contributed by atoms with Crippen molar-refractivity contribution in [1.29, 1.82) is 0 Å². The lowest BCUT2D eigenvalue weighted by Gasteiger charge is -2.33. The van der Waals surface area contributed by atoms with Gasteiger partial charge in [0, 0.05) is 7.05 Å². The molecule has 106 valence electrons. The molecule has 1 fully saturated rings. The lowest BCUT2D eigenvalue weighted by atomic mass is 10.1. The highest BCUT2D eigenvalue weighted by molar-refractivity contribution is 5.96. The fourth-order valence-corrected chi connectivity index (χ4v) is 1.77. The molecule has 0 aliphatic carbocycles. The number of halogens is 3. The predicted molar refractivity (Wildman–Crippen MR) is 61.4 cm³/mol. The molecule has 1 atom stereocenters. The molecule has 3 N–H and O–H groups in total. The number of nitrogens with zero attached hydrogens (tertiary/aromatic N) is 1. The highest BCUT2D eigenvalue weighted by Gasteiger charge is 2.48. The molecule has 0 aromatic carbocycles. The maximum atomic E-state index is 12.5. The fourth-order valence-electron chi connectivity index (χ4n) is 1.77. The Hall–Kier alpha value is -1.99. The number of rotatable bonds is 3. The number of amides is 1. The van der Waals surface area contributed by atoms with Crippen LogP contribution < -0.4 is 11.1 Å². The second-order valence-corrected chi connectivity index (χ2v) is 4.42. The first-order valence-electron chi connectivity index (χ1n) is 5.35. The van der Waals surface area contributed by atoms with E-state index in [-0.39, 0.29) is 11.4 Å². The molecular weight excluding hydrogens is 263 g/mol. The van der Waals surface area contributed by atoms with E-state index in [0.717, 1.165) is 6.08 Å². The number of carbonyl (C=O) groups is 2. The predicted octanol–water partition coefficient (Wildman–Crippen LogP) is 0.642. The number of aldehydes is 1. The average Bonchev–Trinajstić information content (AvgIpc) is 2.44. The van der Waals surface area contributed by atoms with Gasteiger partial charge in [-0.1, -0.05) is 0 Å². The van der Waals surface area contributed by atoms with Crippen LogP contribution in [0.3, 0.4) is 0 Å². The zero-order chi connectivity index (χ0) is 14.8. The van der Waals surface area contributed by atoms with Crippen LogP contribution in [0.4, 0.5) is 13.2 Å². The molecule has 1 saturated heterocycles. The van der Waals surface area contributed by atoms with Crippen LogP contribution in [0.1, 0.15) is 13.3 Å². The molecule has 1 amide bonds. The lowest BCUT2D eigenvalue weighted by molar-refractivity contribution is -0.158. The summed E-state index contributed by atoms with van der Waals surface area (Å²) in [4.78, 5) is 23.1.